The molecule has 0 unspecified atom stereocenters. The van der Waals surface area contributed by atoms with Gasteiger partial charge in [-0.3, -0.25) is 4.79 Å². The van der Waals surface area contributed by atoms with Crippen LogP contribution < -0.4 is 9.47 Å². The molecule has 1 aromatic heterocycles. The summed E-state index contributed by atoms with van der Waals surface area (Å²) in [7, 11) is 1.58. The Hall–Kier alpha value is -2.96. The second-order valence-electron chi connectivity index (χ2n) is 6.93. The van der Waals surface area contributed by atoms with Crippen LogP contribution in [0.1, 0.15) is 48.1 Å². The summed E-state index contributed by atoms with van der Waals surface area (Å²) in [5.41, 5.74) is 3.25. The van der Waals surface area contributed by atoms with E-state index in [4.69, 9.17) is 14.2 Å². The zero-order valence-electron chi connectivity index (χ0n) is 18.8. The van der Waals surface area contributed by atoms with Crippen molar-refractivity contribution in [2.24, 2.45) is 0 Å². The van der Waals surface area contributed by atoms with E-state index in [0.717, 1.165) is 23.5 Å². The summed E-state index contributed by atoms with van der Waals surface area (Å²) < 4.78 is 18.3. The minimum Gasteiger partial charge on any atom is -0.493 e. The Morgan fingerprint density at radius 3 is 2.37 bits per heavy atom. The van der Waals surface area contributed by atoms with E-state index in [1.165, 1.54) is 0 Å². The topological polar surface area (TPSA) is 70.0 Å². The number of benzene rings is 1. The molecule has 30 heavy (non-hydrogen) atoms. The smallest absolute Gasteiger partial charge is 0.340 e. The first-order valence-electron chi connectivity index (χ1n) is 10.3. The Bertz CT molecular complexity index is 888. The predicted octanol–water partition coefficient (Wildman–Crippen LogP) is 3.74. The number of nitrogens with zero attached hydrogens (tertiary/aromatic N) is 2. The highest BCUT2D eigenvalue weighted by molar-refractivity contribution is 5.92. The van der Waals surface area contributed by atoms with Gasteiger partial charge in [-0.25, -0.2) is 4.79 Å². The van der Waals surface area contributed by atoms with Gasteiger partial charge in [0.1, 0.15) is 0 Å². The van der Waals surface area contributed by atoms with Gasteiger partial charge in [-0.1, -0.05) is 6.07 Å². The number of rotatable bonds is 10. The van der Waals surface area contributed by atoms with Gasteiger partial charge < -0.3 is 23.7 Å². The Kier molecular flexibility index (Phi) is 8.33. The van der Waals surface area contributed by atoms with Crippen molar-refractivity contribution in [3.05, 3.63) is 46.8 Å². The highest BCUT2D eigenvalue weighted by atomic mass is 16.5. The first-order chi connectivity index (χ1) is 14.4. The maximum Gasteiger partial charge on any atom is 0.340 e. The van der Waals surface area contributed by atoms with Gasteiger partial charge in [0.05, 0.1) is 19.3 Å². The van der Waals surface area contributed by atoms with Crippen LogP contribution in [-0.2, 0) is 22.6 Å². The molecule has 2 aromatic rings. The van der Waals surface area contributed by atoms with Crippen LogP contribution in [0.15, 0.2) is 24.3 Å². The van der Waals surface area contributed by atoms with Crippen LogP contribution in [0.5, 0.6) is 11.5 Å². The molecule has 0 spiro atoms. The molecule has 2 rings (SSSR count). The molecule has 0 fully saturated rings. The molecule has 164 valence electrons. The highest BCUT2D eigenvalue weighted by Crippen LogP contribution is 2.28. The number of amides is 1. The van der Waals surface area contributed by atoms with Gasteiger partial charge in [0.2, 0.25) is 0 Å². The van der Waals surface area contributed by atoms with E-state index in [0.29, 0.717) is 36.8 Å². The molecule has 0 saturated carbocycles. The lowest BCUT2D eigenvalue weighted by Gasteiger charge is -2.21. The lowest BCUT2D eigenvalue weighted by atomic mass is 10.2. The number of aryl methyl sites for hydroxylation is 1. The standard InChI is InChI=1S/C23H32N2O5/c1-7-24(14-18-10-11-20(29-9-3)21(13-18)28-6)22(26)15-30-23(27)19-12-16(4)25(8-2)17(19)5/h10-13H,7-9,14-15H2,1-6H3. The van der Waals surface area contributed by atoms with E-state index in [2.05, 4.69) is 0 Å². The summed E-state index contributed by atoms with van der Waals surface area (Å²) in [6.45, 7) is 11.6. The molecular weight excluding hydrogens is 384 g/mol. The van der Waals surface area contributed by atoms with Crippen molar-refractivity contribution in [3.63, 3.8) is 0 Å². The maximum absolute atomic E-state index is 12.6. The molecule has 0 N–H and O–H groups in total. The molecule has 0 aliphatic heterocycles. The van der Waals surface area contributed by atoms with E-state index in [-0.39, 0.29) is 12.5 Å². The summed E-state index contributed by atoms with van der Waals surface area (Å²) in [5, 5.41) is 0. The molecule has 0 saturated heterocycles. The Morgan fingerprint density at radius 2 is 1.80 bits per heavy atom. The van der Waals surface area contributed by atoms with Gasteiger partial charge in [-0.2, -0.15) is 0 Å². The molecular formula is C23H32N2O5. The van der Waals surface area contributed by atoms with Crippen molar-refractivity contribution in [3.8, 4) is 11.5 Å². The zero-order valence-corrected chi connectivity index (χ0v) is 18.8. The van der Waals surface area contributed by atoms with Gasteiger partial charge in [-0.05, 0) is 58.4 Å². The fourth-order valence-corrected chi connectivity index (χ4v) is 3.47. The highest BCUT2D eigenvalue weighted by Gasteiger charge is 2.20. The predicted molar refractivity (Wildman–Crippen MR) is 115 cm³/mol. The minimum atomic E-state index is -0.477. The number of hydrogen-bond acceptors (Lipinski definition) is 5. The van der Waals surface area contributed by atoms with Crippen LogP contribution >= 0.6 is 0 Å². The third-order valence-corrected chi connectivity index (χ3v) is 5.07. The van der Waals surface area contributed by atoms with Crippen LogP contribution in [-0.4, -0.2) is 48.2 Å². The van der Waals surface area contributed by atoms with E-state index >= 15 is 0 Å². The third-order valence-electron chi connectivity index (χ3n) is 5.07. The van der Waals surface area contributed by atoms with Gasteiger partial charge >= 0.3 is 5.97 Å². The fourth-order valence-electron chi connectivity index (χ4n) is 3.47. The third kappa shape index (κ3) is 5.34. The van der Waals surface area contributed by atoms with Crippen molar-refractivity contribution < 1.29 is 23.8 Å². The number of hydrogen-bond donors (Lipinski definition) is 0. The summed E-state index contributed by atoms with van der Waals surface area (Å²) in [6, 6.07) is 7.39. The lowest BCUT2D eigenvalue weighted by molar-refractivity contribution is -0.134. The number of ether oxygens (including phenoxy) is 3. The van der Waals surface area contributed by atoms with Crippen LogP contribution in [0.2, 0.25) is 0 Å². The van der Waals surface area contributed by atoms with Crippen LogP contribution in [0.25, 0.3) is 0 Å². The molecule has 0 aliphatic carbocycles. The van der Waals surface area contributed by atoms with E-state index < -0.39 is 5.97 Å². The van der Waals surface area contributed by atoms with Crippen molar-refractivity contribution in [1.82, 2.24) is 9.47 Å². The maximum atomic E-state index is 12.6. The van der Waals surface area contributed by atoms with E-state index in [9.17, 15) is 9.59 Å². The lowest BCUT2D eigenvalue weighted by Crippen LogP contribution is -2.34. The number of methoxy groups -OCH3 is 1. The zero-order chi connectivity index (χ0) is 22.3. The number of carbonyl (C=O) groups excluding carboxylic acids is 2. The van der Waals surface area contributed by atoms with Gasteiger partial charge in [0.25, 0.3) is 5.91 Å². The van der Waals surface area contributed by atoms with Gasteiger partial charge in [0, 0.05) is 31.0 Å². The van der Waals surface area contributed by atoms with Crippen molar-refractivity contribution in [2.75, 3.05) is 26.9 Å². The van der Waals surface area contributed by atoms with E-state index in [1.54, 1.807) is 18.1 Å². The van der Waals surface area contributed by atoms with Crippen molar-refractivity contribution >= 4 is 11.9 Å². The minimum absolute atomic E-state index is 0.247. The number of aromatic nitrogens is 1. The Morgan fingerprint density at radius 1 is 1.07 bits per heavy atom. The summed E-state index contributed by atoms with van der Waals surface area (Å²) in [6.07, 6.45) is 0. The molecule has 0 bridgehead atoms. The second-order valence-corrected chi connectivity index (χ2v) is 6.93. The largest absolute Gasteiger partial charge is 0.493 e. The monoisotopic (exact) mass is 416 g/mol. The molecule has 7 heteroatoms. The summed E-state index contributed by atoms with van der Waals surface area (Å²) in [4.78, 5) is 26.7. The van der Waals surface area contributed by atoms with E-state index in [1.807, 2.05) is 57.4 Å². The summed E-state index contributed by atoms with van der Waals surface area (Å²) in [5.74, 6) is 0.560. The van der Waals surface area contributed by atoms with Crippen LogP contribution in [0.4, 0.5) is 0 Å². The molecule has 0 atom stereocenters. The normalized spacial score (nSPS) is 10.6. The molecule has 1 aromatic carbocycles. The Balaban J connectivity index is 2.02. The second kappa shape index (κ2) is 10.7. The van der Waals surface area contributed by atoms with Crippen LogP contribution in [0.3, 0.4) is 0 Å². The quantitative estimate of drug-likeness (QED) is 0.552. The van der Waals surface area contributed by atoms with Crippen molar-refractivity contribution in [1.29, 1.82) is 0 Å². The molecule has 0 radical (unpaired) electrons. The average Bonchev–Trinajstić information content (AvgIpc) is 3.04. The molecule has 0 aliphatic rings. The molecule has 1 amide bonds. The average molecular weight is 417 g/mol. The molecule has 1 heterocycles. The van der Waals surface area contributed by atoms with Crippen molar-refractivity contribution in [2.45, 2.75) is 47.7 Å². The van der Waals surface area contributed by atoms with Crippen LogP contribution in [0, 0.1) is 13.8 Å². The first-order valence-corrected chi connectivity index (χ1v) is 10.3. The molecule has 7 nitrogen and oxygen atoms in total. The van der Waals surface area contributed by atoms with Gasteiger partial charge in [0.15, 0.2) is 18.1 Å². The van der Waals surface area contributed by atoms with Gasteiger partial charge in [-0.15, -0.1) is 0 Å². The fraction of sp³-hybridized carbons (Fsp3) is 0.478. The number of likely N-dealkylation sites (N-methyl/N-ethyl adjacent to an activating group) is 1. The SMILES string of the molecule is CCOc1ccc(CN(CC)C(=O)COC(=O)c2cc(C)n(CC)c2C)cc1OC. The number of esters is 1. The Labute approximate surface area is 178 Å². The number of carbonyl (C=O) groups is 2. The first kappa shape index (κ1) is 23.3. The summed E-state index contributed by atoms with van der Waals surface area (Å²) >= 11 is 0.